The first-order valence-corrected chi connectivity index (χ1v) is 14.7. The molecule has 0 atom stereocenters. The van der Waals surface area contributed by atoms with Crippen LogP contribution in [0.2, 0.25) is 0 Å². The minimum absolute atomic E-state index is 0.449. The highest BCUT2D eigenvalue weighted by molar-refractivity contribution is 7.99. The first kappa shape index (κ1) is 27.7. The minimum atomic E-state index is 0.449. The van der Waals surface area contributed by atoms with Crippen LogP contribution in [-0.2, 0) is 13.2 Å². The number of ether oxygens (including phenoxy) is 3. The Balaban J connectivity index is 1.55. The fourth-order valence-corrected chi connectivity index (χ4v) is 5.49. The molecule has 0 unspecified atom stereocenters. The van der Waals surface area contributed by atoms with Gasteiger partial charge in [0.25, 0.3) is 0 Å². The van der Waals surface area contributed by atoms with Gasteiger partial charge in [0, 0.05) is 10.5 Å². The molecule has 38 heavy (non-hydrogen) atoms. The number of hydrogen-bond acceptors (Lipinski definition) is 6. The molecule has 4 rings (SSSR count). The summed E-state index contributed by atoms with van der Waals surface area (Å²) >= 11 is 3.21. The number of aldehydes is 1. The third-order valence-corrected chi connectivity index (χ3v) is 8.16. The molecule has 0 radical (unpaired) electrons. The Kier molecular flexibility index (Phi) is 9.43. The number of carbonyl (C=O) groups excluding carboxylic acids is 1. The van der Waals surface area contributed by atoms with Crippen LogP contribution in [0.3, 0.4) is 0 Å². The molecule has 196 valence electrons. The second-order valence-electron chi connectivity index (χ2n) is 8.80. The summed E-state index contributed by atoms with van der Waals surface area (Å²) in [7, 11) is 1.67. The minimum Gasteiger partial charge on any atom is -0.497 e. The smallest absolute Gasteiger partial charge is 0.150 e. The van der Waals surface area contributed by atoms with Gasteiger partial charge in [-0.15, -0.1) is 23.5 Å². The first-order valence-electron chi connectivity index (χ1n) is 12.3. The Labute approximate surface area is 233 Å². The van der Waals surface area contributed by atoms with Gasteiger partial charge in [0.1, 0.15) is 36.7 Å². The number of thioether (sulfide) groups is 2. The van der Waals surface area contributed by atoms with Crippen molar-refractivity contribution in [2.24, 2.45) is 0 Å². The van der Waals surface area contributed by atoms with Crippen LogP contribution in [0.1, 0.15) is 32.6 Å². The quantitative estimate of drug-likeness (QED) is 0.140. The van der Waals surface area contributed by atoms with Gasteiger partial charge in [-0.05, 0) is 96.1 Å². The number of rotatable bonds is 11. The predicted octanol–water partition coefficient (Wildman–Crippen LogP) is 8.39. The molecule has 0 amide bonds. The summed E-state index contributed by atoms with van der Waals surface area (Å²) in [6.45, 7) is 5.23. The number of hydrogen-bond donors (Lipinski definition) is 0. The molecule has 0 saturated carbocycles. The maximum absolute atomic E-state index is 11.1. The number of benzene rings is 4. The molecule has 0 aliphatic carbocycles. The van der Waals surface area contributed by atoms with Crippen molar-refractivity contribution in [2.45, 2.75) is 36.9 Å². The fraction of sp³-hybridized carbons (Fsp3) is 0.219. The third kappa shape index (κ3) is 6.20. The Bertz CT molecular complexity index is 1430. The van der Waals surface area contributed by atoms with Gasteiger partial charge >= 0.3 is 0 Å². The standard InChI is InChI=1S/C32H32O4S2/c1-21-24(19-35-29-14-12-23(18-33)16-31(29)37-4)8-6-10-27(21)28-11-7-9-25(22(28)2)20-36-30-15-13-26(34-3)17-32(30)38-5/h6-18H,19-20H2,1-5H3. The van der Waals surface area contributed by atoms with Crippen LogP contribution in [0.4, 0.5) is 0 Å². The molecule has 0 aliphatic heterocycles. The molecule has 6 heteroatoms. The number of methoxy groups -OCH3 is 1. The summed E-state index contributed by atoms with van der Waals surface area (Å²) in [5.74, 6) is 2.46. The van der Waals surface area contributed by atoms with Gasteiger partial charge in [-0.1, -0.05) is 36.4 Å². The van der Waals surface area contributed by atoms with Crippen LogP contribution in [0, 0.1) is 13.8 Å². The van der Waals surface area contributed by atoms with E-state index in [0.29, 0.717) is 18.8 Å². The normalized spacial score (nSPS) is 10.8. The van der Waals surface area contributed by atoms with Gasteiger partial charge < -0.3 is 14.2 Å². The van der Waals surface area contributed by atoms with Crippen molar-refractivity contribution >= 4 is 29.8 Å². The summed E-state index contributed by atoms with van der Waals surface area (Å²) in [4.78, 5) is 13.1. The van der Waals surface area contributed by atoms with Crippen LogP contribution in [-0.4, -0.2) is 25.9 Å². The topological polar surface area (TPSA) is 44.8 Å². The Morgan fingerprint density at radius 1 is 0.711 bits per heavy atom. The van der Waals surface area contributed by atoms with Crippen molar-refractivity contribution < 1.29 is 19.0 Å². The Morgan fingerprint density at radius 2 is 1.24 bits per heavy atom. The predicted molar refractivity (Wildman–Crippen MR) is 158 cm³/mol. The molecule has 0 aromatic heterocycles. The van der Waals surface area contributed by atoms with E-state index in [-0.39, 0.29) is 0 Å². The van der Waals surface area contributed by atoms with E-state index < -0.39 is 0 Å². The molecule has 4 aromatic carbocycles. The second kappa shape index (κ2) is 12.9. The SMILES string of the molecule is COc1ccc(OCc2cccc(-c3cccc(COc4ccc(C=O)cc4SC)c3C)c2C)c(SC)c1. The average molecular weight is 545 g/mol. The zero-order chi connectivity index (χ0) is 27.1. The molecule has 4 nitrogen and oxygen atoms in total. The van der Waals surface area contributed by atoms with Gasteiger partial charge in [0.15, 0.2) is 0 Å². The lowest BCUT2D eigenvalue weighted by atomic mass is 9.92. The zero-order valence-corrected chi connectivity index (χ0v) is 24.0. The van der Waals surface area contributed by atoms with Crippen molar-refractivity contribution in [1.29, 1.82) is 0 Å². The molecule has 0 N–H and O–H groups in total. The second-order valence-corrected chi connectivity index (χ2v) is 10.5. The van der Waals surface area contributed by atoms with E-state index in [4.69, 9.17) is 14.2 Å². The van der Waals surface area contributed by atoms with E-state index in [9.17, 15) is 4.79 Å². The lowest BCUT2D eigenvalue weighted by molar-refractivity contribution is 0.112. The molecule has 0 saturated heterocycles. The largest absolute Gasteiger partial charge is 0.497 e. The highest BCUT2D eigenvalue weighted by Crippen LogP contribution is 2.35. The first-order chi connectivity index (χ1) is 18.5. The van der Waals surface area contributed by atoms with Gasteiger partial charge in [-0.3, -0.25) is 4.79 Å². The monoisotopic (exact) mass is 544 g/mol. The van der Waals surface area contributed by atoms with E-state index >= 15 is 0 Å². The summed E-state index contributed by atoms with van der Waals surface area (Å²) < 4.78 is 17.8. The van der Waals surface area contributed by atoms with Crippen molar-refractivity contribution in [1.82, 2.24) is 0 Å². The van der Waals surface area contributed by atoms with Crippen LogP contribution in [0.5, 0.6) is 17.2 Å². The van der Waals surface area contributed by atoms with Crippen molar-refractivity contribution in [3.63, 3.8) is 0 Å². The summed E-state index contributed by atoms with van der Waals surface area (Å²) in [5, 5.41) is 0. The molecule has 0 spiro atoms. The highest BCUT2D eigenvalue weighted by Gasteiger charge is 2.13. The van der Waals surface area contributed by atoms with Crippen molar-refractivity contribution in [3.05, 3.63) is 101 Å². The Morgan fingerprint density at radius 3 is 1.74 bits per heavy atom. The van der Waals surface area contributed by atoms with Crippen LogP contribution < -0.4 is 14.2 Å². The zero-order valence-electron chi connectivity index (χ0n) is 22.4. The van der Waals surface area contributed by atoms with Gasteiger partial charge in [0.05, 0.1) is 12.0 Å². The molecule has 0 heterocycles. The van der Waals surface area contributed by atoms with E-state index in [1.807, 2.05) is 42.8 Å². The van der Waals surface area contributed by atoms with Gasteiger partial charge in [0.2, 0.25) is 0 Å². The number of carbonyl (C=O) groups is 1. The van der Waals surface area contributed by atoms with E-state index in [1.165, 1.54) is 22.3 Å². The van der Waals surface area contributed by atoms with Crippen LogP contribution in [0.15, 0.2) is 82.6 Å². The van der Waals surface area contributed by atoms with E-state index in [1.54, 1.807) is 36.7 Å². The Hall–Kier alpha value is -3.35. The third-order valence-electron chi connectivity index (χ3n) is 6.64. The molecular weight excluding hydrogens is 512 g/mol. The maximum atomic E-state index is 11.1. The van der Waals surface area contributed by atoms with Gasteiger partial charge in [-0.2, -0.15) is 0 Å². The van der Waals surface area contributed by atoms with Crippen LogP contribution in [0.25, 0.3) is 11.1 Å². The van der Waals surface area contributed by atoms with Gasteiger partial charge in [-0.25, -0.2) is 0 Å². The summed E-state index contributed by atoms with van der Waals surface area (Å²) in [6.07, 6.45) is 4.88. The maximum Gasteiger partial charge on any atom is 0.150 e. The molecule has 4 aromatic rings. The van der Waals surface area contributed by atoms with Crippen molar-refractivity contribution in [2.75, 3.05) is 19.6 Å². The molecular formula is C32H32O4S2. The molecule has 0 fully saturated rings. The molecule has 0 bridgehead atoms. The highest BCUT2D eigenvalue weighted by atomic mass is 32.2. The average Bonchev–Trinajstić information content (AvgIpc) is 2.96. The summed E-state index contributed by atoms with van der Waals surface area (Å²) in [5.41, 5.74) is 7.66. The van der Waals surface area contributed by atoms with E-state index in [2.05, 4.69) is 50.2 Å². The lowest BCUT2D eigenvalue weighted by Gasteiger charge is -2.18. The van der Waals surface area contributed by atoms with Crippen LogP contribution >= 0.6 is 23.5 Å². The fourth-order valence-electron chi connectivity index (χ4n) is 4.35. The molecule has 0 aliphatic rings. The summed E-state index contributed by atoms with van der Waals surface area (Å²) in [6, 6.07) is 24.1. The van der Waals surface area contributed by atoms with E-state index in [0.717, 1.165) is 44.5 Å². The van der Waals surface area contributed by atoms with Crippen molar-refractivity contribution in [3.8, 4) is 28.4 Å². The lowest BCUT2D eigenvalue weighted by Crippen LogP contribution is -2.03.